The predicted molar refractivity (Wildman–Crippen MR) is 107 cm³/mol. The van der Waals surface area contributed by atoms with E-state index in [1.165, 1.54) is 21.2 Å². The monoisotopic (exact) mass is 407 g/mol. The quantitative estimate of drug-likeness (QED) is 0.796. The molecule has 0 radical (unpaired) electrons. The van der Waals surface area contributed by atoms with Gasteiger partial charge < -0.3 is 5.32 Å². The zero-order chi connectivity index (χ0) is 19.4. The van der Waals surface area contributed by atoms with Crippen molar-refractivity contribution >= 4 is 27.3 Å². The number of thiophene rings is 1. The van der Waals surface area contributed by atoms with E-state index in [2.05, 4.69) is 5.32 Å². The average molecular weight is 408 g/mol. The lowest BCUT2D eigenvalue weighted by atomic mass is 10.1. The molecule has 1 fully saturated rings. The van der Waals surface area contributed by atoms with Crippen molar-refractivity contribution in [2.75, 3.05) is 26.2 Å². The van der Waals surface area contributed by atoms with Crippen molar-refractivity contribution < 1.29 is 13.2 Å². The summed E-state index contributed by atoms with van der Waals surface area (Å²) < 4.78 is 27.0. The fourth-order valence-electron chi connectivity index (χ4n) is 3.08. The third-order valence-corrected chi connectivity index (χ3v) is 8.15. The highest BCUT2D eigenvalue weighted by Gasteiger charge is 2.32. The van der Waals surface area contributed by atoms with E-state index in [0.29, 0.717) is 36.9 Å². The number of piperazine rings is 1. The maximum absolute atomic E-state index is 12.6. The van der Waals surface area contributed by atoms with Crippen LogP contribution in [0.25, 0.3) is 0 Å². The summed E-state index contributed by atoms with van der Waals surface area (Å²) in [7, 11) is -3.41. The summed E-state index contributed by atoms with van der Waals surface area (Å²) in [5, 5.41) is 4.74. The van der Waals surface area contributed by atoms with Gasteiger partial charge in [-0.3, -0.25) is 9.69 Å². The van der Waals surface area contributed by atoms with E-state index in [0.717, 1.165) is 5.56 Å². The minimum atomic E-state index is -3.41. The second kappa shape index (κ2) is 8.52. The Labute approximate surface area is 164 Å². The lowest BCUT2D eigenvalue weighted by Crippen LogP contribution is -2.54. The van der Waals surface area contributed by atoms with E-state index in [9.17, 15) is 13.2 Å². The van der Waals surface area contributed by atoms with E-state index < -0.39 is 10.0 Å². The molecule has 6 nitrogen and oxygen atoms in total. The number of rotatable bonds is 6. The molecule has 1 saturated heterocycles. The zero-order valence-electron chi connectivity index (χ0n) is 15.6. The maximum atomic E-state index is 12.6. The van der Waals surface area contributed by atoms with Crippen LogP contribution in [0.3, 0.4) is 0 Å². The number of hydrogen-bond acceptors (Lipinski definition) is 5. The fraction of sp³-hybridized carbons (Fsp3) is 0.421. The van der Waals surface area contributed by atoms with Crippen molar-refractivity contribution in [2.45, 2.75) is 30.6 Å². The molecule has 2 aromatic rings. The lowest BCUT2D eigenvalue weighted by molar-refractivity contribution is -0.126. The van der Waals surface area contributed by atoms with Crippen LogP contribution in [0, 0.1) is 6.92 Å². The van der Waals surface area contributed by atoms with Gasteiger partial charge >= 0.3 is 0 Å². The molecule has 0 bridgehead atoms. The molecule has 1 amide bonds. The number of aryl methyl sites for hydroxylation is 1. The van der Waals surface area contributed by atoms with E-state index in [1.807, 2.05) is 43.0 Å². The smallest absolute Gasteiger partial charge is 0.252 e. The van der Waals surface area contributed by atoms with Gasteiger partial charge in [-0.2, -0.15) is 4.31 Å². The number of amides is 1. The predicted octanol–water partition coefficient (Wildman–Crippen LogP) is 2.07. The van der Waals surface area contributed by atoms with Gasteiger partial charge in [0.1, 0.15) is 4.21 Å². The Bertz CT molecular complexity index is 856. The third kappa shape index (κ3) is 4.76. The van der Waals surface area contributed by atoms with Gasteiger partial charge in [-0.05, 0) is 30.9 Å². The van der Waals surface area contributed by atoms with Crippen molar-refractivity contribution in [1.29, 1.82) is 0 Å². The van der Waals surface area contributed by atoms with Crippen LogP contribution >= 0.6 is 11.3 Å². The van der Waals surface area contributed by atoms with Crippen LogP contribution in [-0.2, 0) is 21.4 Å². The summed E-state index contributed by atoms with van der Waals surface area (Å²) in [6.45, 7) is 6.28. The number of sulfonamides is 1. The molecule has 2 heterocycles. The molecule has 0 saturated carbocycles. The normalized spacial score (nSPS) is 17.6. The number of benzene rings is 1. The Balaban J connectivity index is 1.51. The van der Waals surface area contributed by atoms with E-state index >= 15 is 0 Å². The minimum absolute atomic E-state index is 0.0369. The Morgan fingerprint density at radius 3 is 2.41 bits per heavy atom. The van der Waals surface area contributed by atoms with Crippen LogP contribution < -0.4 is 5.32 Å². The zero-order valence-corrected chi connectivity index (χ0v) is 17.2. The molecule has 0 aliphatic carbocycles. The number of nitrogens with zero attached hydrogens (tertiary/aromatic N) is 2. The summed E-state index contributed by atoms with van der Waals surface area (Å²) in [6.07, 6.45) is 0. The molecule has 146 valence electrons. The van der Waals surface area contributed by atoms with Crippen molar-refractivity contribution in [1.82, 2.24) is 14.5 Å². The molecule has 1 aromatic carbocycles. The molecule has 0 spiro atoms. The van der Waals surface area contributed by atoms with Crippen LogP contribution in [0.15, 0.2) is 46.0 Å². The first-order valence-electron chi connectivity index (χ1n) is 8.99. The first kappa shape index (κ1) is 20.0. The molecular weight excluding hydrogens is 382 g/mol. The van der Waals surface area contributed by atoms with Crippen LogP contribution in [0.5, 0.6) is 0 Å². The summed E-state index contributed by atoms with van der Waals surface area (Å²) in [5.74, 6) is -0.0369. The molecule has 27 heavy (non-hydrogen) atoms. The van der Waals surface area contributed by atoms with Crippen LogP contribution in [-0.4, -0.2) is 55.8 Å². The Morgan fingerprint density at radius 1 is 1.15 bits per heavy atom. The van der Waals surface area contributed by atoms with Crippen molar-refractivity contribution in [3.8, 4) is 0 Å². The van der Waals surface area contributed by atoms with Gasteiger partial charge in [0.25, 0.3) is 10.0 Å². The first-order chi connectivity index (χ1) is 12.9. The molecule has 1 N–H and O–H groups in total. The third-order valence-electron chi connectivity index (χ3n) is 4.88. The second-order valence-corrected chi connectivity index (χ2v) is 9.86. The van der Waals surface area contributed by atoms with E-state index in [1.54, 1.807) is 17.5 Å². The first-order valence-corrected chi connectivity index (χ1v) is 11.3. The molecule has 0 unspecified atom stereocenters. The molecule has 1 aromatic heterocycles. The fourth-order valence-corrected chi connectivity index (χ4v) is 5.64. The van der Waals surface area contributed by atoms with Gasteiger partial charge in [0.2, 0.25) is 5.91 Å². The highest BCUT2D eigenvalue weighted by molar-refractivity contribution is 7.91. The van der Waals surface area contributed by atoms with Crippen molar-refractivity contribution in [3.63, 3.8) is 0 Å². The second-order valence-electron chi connectivity index (χ2n) is 6.75. The Morgan fingerprint density at radius 2 is 1.81 bits per heavy atom. The number of nitrogens with one attached hydrogen (secondary N) is 1. The van der Waals surface area contributed by atoms with E-state index in [-0.39, 0.29) is 11.9 Å². The van der Waals surface area contributed by atoms with Gasteiger partial charge in [-0.1, -0.05) is 35.9 Å². The van der Waals surface area contributed by atoms with Crippen LogP contribution in [0.1, 0.15) is 18.1 Å². The summed E-state index contributed by atoms with van der Waals surface area (Å²) >= 11 is 1.23. The van der Waals surface area contributed by atoms with Gasteiger partial charge in [-0.15, -0.1) is 11.3 Å². The lowest BCUT2D eigenvalue weighted by Gasteiger charge is -2.36. The largest absolute Gasteiger partial charge is 0.351 e. The highest BCUT2D eigenvalue weighted by Crippen LogP contribution is 2.22. The summed E-state index contributed by atoms with van der Waals surface area (Å²) in [4.78, 5) is 14.5. The number of carbonyl (C=O) groups excluding carboxylic acids is 1. The molecule has 3 rings (SSSR count). The minimum Gasteiger partial charge on any atom is -0.351 e. The summed E-state index contributed by atoms with van der Waals surface area (Å²) in [5.41, 5.74) is 2.25. The SMILES string of the molecule is Cc1ccc(CNC(=O)[C@@H](C)N2CCN(S(=O)(=O)c3cccs3)CC2)cc1. The van der Waals surface area contributed by atoms with E-state index in [4.69, 9.17) is 0 Å². The standard InChI is InChI=1S/C19H25N3O3S2/c1-15-5-7-17(8-6-15)14-20-19(23)16(2)21-9-11-22(12-10-21)27(24,25)18-4-3-13-26-18/h3-8,13,16H,9-12,14H2,1-2H3,(H,20,23)/t16-/m1/s1. The number of carbonyl (C=O) groups is 1. The molecule has 1 atom stereocenters. The molecule has 8 heteroatoms. The molecule has 1 aliphatic heterocycles. The Hall–Kier alpha value is -1.74. The highest BCUT2D eigenvalue weighted by atomic mass is 32.2. The van der Waals surface area contributed by atoms with Crippen LogP contribution in [0.4, 0.5) is 0 Å². The molecule has 1 aliphatic rings. The van der Waals surface area contributed by atoms with Gasteiger partial charge in [0.05, 0.1) is 6.04 Å². The van der Waals surface area contributed by atoms with Gasteiger partial charge in [0.15, 0.2) is 0 Å². The van der Waals surface area contributed by atoms with Crippen molar-refractivity contribution in [2.24, 2.45) is 0 Å². The maximum Gasteiger partial charge on any atom is 0.252 e. The topological polar surface area (TPSA) is 69.7 Å². The average Bonchev–Trinajstić information content (AvgIpc) is 3.22. The number of hydrogen-bond donors (Lipinski definition) is 1. The Kier molecular flexibility index (Phi) is 6.31. The van der Waals surface area contributed by atoms with Crippen molar-refractivity contribution in [3.05, 3.63) is 52.9 Å². The van der Waals surface area contributed by atoms with Gasteiger partial charge in [-0.25, -0.2) is 8.42 Å². The summed E-state index contributed by atoms with van der Waals surface area (Å²) in [6, 6.07) is 11.2. The van der Waals surface area contributed by atoms with Gasteiger partial charge in [0, 0.05) is 32.7 Å². The molecular formula is C19H25N3O3S2. The van der Waals surface area contributed by atoms with Crippen LogP contribution in [0.2, 0.25) is 0 Å².